The average molecular weight is 390 g/mol. The van der Waals surface area contributed by atoms with E-state index in [0.717, 1.165) is 14.3 Å². The molecule has 0 aliphatic heterocycles. The number of carbonyl (C=O) groups is 1. The summed E-state index contributed by atoms with van der Waals surface area (Å²) in [7, 11) is 0. The first kappa shape index (κ1) is 13.9. The van der Waals surface area contributed by atoms with Gasteiger partial charge in [0.25, 0.3) is 0 Å². The molecule has 0 unspecified atom stereocenters. The lowest BCUT2D eigenvalue weighted by Crippen LogP contribution is -2.09. The molecule has 0 spiro atoms. The van der Waals surface area contributed by atoms with Crippen LogP contribution in [0.2, 0.25) is 0 Å². The largest absolute Gasteiger partial charge is 0.508 e. The molecule has 0 radical (unpaired) electrons. The number of benzene rings is 3. The van der Waals surface area contributed by atoms with Crippen LogP contribution in [-0.2, 0) is 0 Å². The molecule has 0 aromatic heterocycles. The predicted molar refractivity (Wildman–Crippen MR) is 89.7 cm³/mol. The van der Waals surface area contributed by atoms with Crippen molar-refractivity contribution in [1.29, 1.82) is 0 Å². The maximum atomic E-state index is 12.3. The number of rotatable bonds is 2. The lowest BCUT2D eigenvalue weighted by molar-refractivity contribution is 0.0737. The number of hydrogen-bond acceptors (Lipinski definition) is 3. The van der Waals surface area contributed by atoms with Gasteiger partial charge in [0, 0.05) is 3.57 Å². The molecule has 3 rings (SSSR count). The Labute approximate surface area is 135 Å². The number of ether oxygens (including phenoxy) is 1. The van der Waals surface area contributed by atoms with Gasteiger partial charge in [-0.15, -0.1) is 0 Å². The van der Waals surface area contributed by atoms with Crippen LogP contribution in [0.5, 0.6) is 11.5 Å². The van der Waals surface area contributed by atoms with E-state index >= 15 is 0 Å². The fourth-order valence-electron chi connectivity index (χ4n) is 2.11. The molecule has 4 heteroatoms. The van der Waals surface area contributed by atoms with Gasteiger partial charge in [-0.1, -0.05) is 12.1 Å². The van der Waals surface area contributed by atoms with Crippen molar-refractivity contribution >= 4 is 39.3 Å². The minimum atomic E-state index is -0.410. The molecule has 0 saturated carbocycles. The topological polar surface area (TPSA) is 46.5 Å². The second kappa shape index (κ2) is 5.73. The second-order valence-corrected chi connectivity index (χ2v) is 5.80. The highest BCUT2D eigenvalue weighted by Gasteiger charge is 2.12. The van der Waals surface area contributed by atoms with Crippen molar-refractivity contribution in [3.63, 3.8) is 0 Å². The molecule has 0 aliphatic carbocycles. The predicted octanol–water partition coefficient (Wildman–Crippen LogP) is 4.37. The number of phenols is 1. The summed E-state index contributed by atoms with van der Waals surface area (Å²) in [4.78, 5) is 12.3. The highest BCUT2D eigenvalue weighted by molar-refractivity contribution is 14.1. The number of hydrogen-bond donors (Lipinski definition) is 1. The van der Waals surface area contributed by atoms with Crippen molar-refractivity contribution in [2.24, 2.45) is 0 Å². The van der Waals surface area contributed by atoms with Gasteiger partial charge < -0.3 is 9.84 Å². The van der Waals surface area contributed by atoms with Crippen molar-refractivity contribution in [2.75, 3.05) is 0 Å². The first-order valence-corrected chi connectivity index (χ1v) is 7.41. The molecule has 3 nitrogen and oxygen atoms in total. The molecule has 0 saturated heterocycles. The van der Waals surface area contributed by atoms with Gasteiger partial charge in [0.05, 0.1) is 5.56 Å². The Bertz CT molecular complexity index is 810. The molecule has 3 aromatic rings. The van der Waals surface area contributed by atoms with E-state index < -0.39 is 5.97 Å². The molecule has 104 valence electrons. The van der Waals surface area contributed by atoms with Crippen LogP contribution < -0.4 is 4.74 Å². The van der Waals surface area contributed by atoms with Gasteiger partial charge in [-0.05, 0) is 81.9 Å². The molecule has 1 N–H and O–H groups in total. The number of esters is 1. The fraction of sp³-hybridized carbons (Fsp3) is 0. The minimum Gasteiger partial charge on any atom is -0.508 e. The molecule has 0 amide bonds. The van der Waals surface area contributed by atoms with E-state index in [1.54, 1.807) is 42.5 Å². The maximum absolute atomic E-state index is 12.3. The Morgan fingerprint density at radius 3 is 2.52 bits per heavy atom. The summed E-state index contributed by atoms with van der Waals surface area (Å²) in [5, 5.41) is 11.1. The van der Waals surface area contributed by atoms with Crippen LogP contribution in [-0.4, -0.2) is 11.1 Å². The Balaban J connectivity index is 1.96. The molecule has 3 aromatic carbocycles. The smallest absolute Gasteiger partial charge is 0.344 e. The summed E-state index contributed by atoms with van der Waals surface area (Å²) in [5.74, 6) is 0.273. The zero-order valence-electron chi connectivity index (χ0n) is 10.9. The summed E-state index contributed by atoms with van der Waals surface area (Å²) < 4.78 is 6.47. The number of carbonyl (C=O) groups excluding carboxylic acids is 1. The highest BCUT2D eigenvalue weighted by Crippen LogP contribution is 2.24. The molecule has 0 atom stereocenters. The van der Waals surface area contributed by atoms with Crippen LogP contribution in [0.4, 0.5) is 0 Å². The van der Waals surface area contributed by atoms with Gasteiger partial charge in [-0.25, -0.2) is 4.79 Å². The standard InChI is InChI=1S/C17H11IO3/c18-12-4-7-14(8-5-12)21-17(20)16-3-1-2-11-10-13(19)6-9-15(11)16/h1-10,19H. The first-order valence-electron chi connectivity index (χ1n) is 6.33. The van der Waals surface area contributed by atoms with Crippen LogP contribution in [0.3, 0.4) is 0 Å². The van der Waals surface area contributed by atoms with Crippen LogP contribution in [0, 0.1) is 3.57 Å². The number of halogens is 1. The third kappa shape index (κ3) is 3.00. The van der Waals surface area contributed by atoms with Crippen molar-refractivity contribution < 1.29 is 14.6 Å². The molecule has 0 aliphatic rings. The van der Waals surface area contributed by atoms with Crippen LogP contribution in [0.25, 0.3) is 10.8 Å². The third-order valence-electron chi connectivity index (χ3n) is 3.11. The van der Waals surface area contributed by atoms with E-state index in [0.29, 0.717) is 11.3 Å². The van der Waals surface area contributed by atoms with E-state index in [1.807, 2.05) is 18.2 Å². The molecule has 0 bridgehead atoms. The Kier molecular flexibility index (Phi) is 3.79. The lowest BCUT2D eigenvalue weighted by Gasteiger charge is -2.07. The zero-order chi connectivity index (χ0) is 14.8. The summed E-state index contributed by atoms with van der Waals surface area (Å²) in [6.07, 6.45) is 0. The average Bonchev–Trinajstić information content (AvgIpc) is 2.48. The van der Waals surface area contributed by atoms with E-state index in [9.17, 15) is 9.90 Å². The third-order valence-corrected chi connectivity index (χ3v) is 3.83. The van der Waals surface area contributed by atoms with Gasteiger partial charge in [0.2, 0.25) is 0 Å². The van der Waals surface area contributed by atoms with Crippen molar-refractivity contribution in [2.45, 2.75) is 0 Å². The number of phenolic OH excluding ortho intramolecular Hbond substituents is 1. The van der Waals surface area contributed by atoms with E-state index in [4.69, 9.17) is 4.74 Å². The lowest BCUT2D eigenvalue weighted by atomic mass is 10.0. The molecular weight excluding hydrogens is 379 g/mol. The van der Waals surface area contributed by atoms with Crippen LogP contribution in [0.1, 0.15) is 10.4 Å². The van der Waals surface area contributed by atoms with Crippen molar-refractivity contribution in [3.05, 3.63) is 69.8 Å². The number of aromatic hydroxyl groups is 1. The normalized spacial score (nSPS) is 10.5. The second-order valence-electron chi connectivity index (χ2n) is 4.55. The van der Waals surface area contributed by atoms with Gasteiger partial charge in [-0.2, -0.15) is 0 Å². The molecular formula is C17H11IO3. The summed E-state index contributed by atoms with van der Waals surface area (Å²) in [6, 6.07) is 17.5. The Hall–Kier alpha value is -2.08. The van der Waals surface area contributed by atoms with Gasteiger partial charge in [-0.3, -0.25) is 0 Å². The van der Waals surface area contributed by atoms with E-state index in [1.165, 1.54) is 0 Å². The first-order chi connectivity index (χ1) is 10.1. The monoisotopic (exact) mass is 390 g/mol. The zero-order valence-corrected chi connectivity index (χ0v) is 13.1. The summed E-state index contributed by atoms with van der Waals surface area (Å²) in [5.41, 5.74) is 0.478. The molecule has 21 heavy (non-hydrogen) atoms. The van der Waals surface area contributed by atoms with Crippen molar-refractivity contribution in [1.82, 2.24) is 0 Å². The summed E-state index contributed by atoms with van der Waals surface area (Å²) >= 11 is 2.19. The molecule has 0 heterocycles. The number of fused-ring (bicyclic) bond motifs is 1. The quantitative estimate of drug-likeness (QED) is 0.402. The van der Waals surface area contributed by atoms with Gasteiger partial charge in [0.1, 0.15) is 11.5 Å². The molecule has 0 fully saturated rings. The van der Waals surface area contributed by atoms with Crippen LogP contribution in [0.15, 0.2) is 60.7 Å². The Morgan fingerprint density at radius 2 is 1.76 bits per heavy atom. The SMILES string of the molecule is O=C(Oc1ccc(I)cc1)c1cccc2cc(O)ccc12. The van der Waals surface area contributed by atoms with Crippen LogP contribution >= 0.6 is 22.6 Å². The van der Waals surface area contributed by atoms with Gasteiger partial charge in [0.15, 0.2) is 0 Å². The van der Waals surface area contributed by atoms with E-state index in [2.05, 4.69) is 22.6 Å². The van der Waals surface area contributed by atoms with Gasteiger partial charge >= 0.3 is 5.97 Å². The Morgan fingerprint density at radius 1 is 1.00 bits per heavy atom. The van der Waals surface area contributed by atoms with E-state index in [-0.39, 0.29) is 5.75 Å². The maximum Gasteiger partial charge on any atom is 0.344 e. The summed E-state index contributed by atoms with van der Waals surface area (Å²) in [6.45, 7) is 0. The highest BCUT2D eigenvalue weighted by atomic mass is 127. The minimum absolute atomic E-state index is 0.172. The van der Waals surface area contributed by atoms with Crippen molar-refractivity contribution in [3.8, 4) is 11.5 Å². The fourth-order valence-corrected chi connectivity index (χ4v) is 2.47.